The van der Waals surface area contributed by atoms with Gasteiger partial charge in [0.25, 0.3) is 0 Å². The average molecular weight is 310 g/mol. The summed E-state index contributed by atoms with van der Waals surface area (Å²) in [6.07, 6.45) is 3.75. The number of benzene rings is 1. The lowest BCUT2D eigenvalue weighted by Gasteiger charge is -2.18. The zero-order valence-corrected chi connectivity index (χ0v) is 13.0. The number of hydrogen-bond donors (Lipinski definition) is 1. The number of aryl methyl sites for hydroxylation is 1. The van der Waals surface area contributed by atoms with Crippen molar-refractivity contribution in [2.75, 3.05) is 13.2 Å². The van der Waals surface area contributed by atoms with Crippen molar-refractivity contribution in [3.05, 3.63) is 47.9 Å². The van der Waals surface area contributed by atoms with Crippen molar-refractivity contribution in [1.29, 1.82) is 0 Å². The summed E-state index contributed by atoms with van der Waals surface area (Å²) in [6, 6.07) is 8.26. The molecule has 0 aliphatic carbocycles. The fourth-order valence-electron chi connectivity index (χ4n) is 2.72. The van der Waals surface area contributed by atoms with Gasteiger partial charge in [-0.3, -0.25) is 9.67 Å². The summed E-state index contributed by atoms with van der Waals surface area (Å²) in [5.41, 5.74) is 3.16. The van der Waals surface area contributed by atoms with Crippen molar-refractivity contribution >= 4 is 10.9 Å². The zero-order chi connectivity index (χ0) is 15.6. The molecule has 0 saturated heterocycles. The Morgan fingerprint density at radius 2 is 2.00 bits per heavy atom. The van der Waals surface area contributed by atoms with Crippen LogP contribution in [-0.2, 0) is 20.1 Å². The highest BCUT2D eigenvalue weighted by Crippen LogP contribution is 2.29. The van der Waals surface area contributed by atoms with E-state index in [2.05, 4.69) is 33.6 Å². The molecule has 118 valence electrons. The number of hydrogen-bond acceptors (Lipinski definition) is 5. The second kappa shape index (κ2) is 5.89. The first-order chi connectivity index (χ1) is 11.3. The highest BCUT2D eigenvalue weighted by atomic mass is 16.6. The van der Waals surface area contributed by atoms with Crippen molar-refractivity contribution in [2.24, 2.45) is 7.05 Å². The monoisotopic (exact) mass is 310 g/mol. The molecule has 2 aromatic heterocycles. The summed E-state index contributed by atoms with van der Waals surface area (Å²) in [4.78, 5) is 4.39. The van der Waals surface area contributed by atoms with E-state index in [0.717, 1.165) is 34.6 Å². The van der Waals surface area contributed by atoms with Crippen LogP contribution in [0.3, 0.4) is 0 Å². The third-order valence-electron chi connectivity index (χ3n) is 3.81. The molecular formula is C17H18N4O2. The molecule has 6 nitrogen and oxygen atoms in total. The summed E-state index contributed by atoms with van der Waals surface area (Å²) in [5, 5.41) is 8.99. The van der Waals surface area contributed by atoms with Gasteiger partial charge in [0.2, 0.25) is 0 Å². The van der Waals surface area contributed by atoms with E-state index in [1.807, 2.05) is 24.0 Å². The van der Waals surface area contributed by atoms with Crippen LogP contribution in [0.15, 0.2) is 36.7 Å². The van der Waals surface area contributed by atoms with Crippen LogP contribution in [0.1, 0.15) is 11.3 Å². The molecule has 0 radical (unpaired) electrons. The molecular weight excluding hydrogens is 292 g/mol. The van der Waals surface area contributed by atoms with Gasteiger partial charge in [0.1, 0.15) is 13.2 Å². The molecule has 1 aromatic carbocycles. The normalized spacial score (nSPS) is 13.4. The van der Waals surface area contributed by atoms with Crippen LogP contribution in [0.2, 0.25) is 0 Å². The fourth-order valence-corrected chi connectivity index (χ4v) is 2.72. The van der Waals surface area contributed by atoms with Gasteiger partial charge in [-0.15, -0.1) is 0 Å². The third-order valence-corrected chi connectivity index (χ3v) is 3.81. The van der Waals surface area contributed by atoms with Crippen molar-refractivity contribution in [2.45, 2.75) is 13.1 Å². The van der Waals surface area contributed by atoms with Crippen LogP contribution in [0.25, 0.3) is 10.9 Å². The molecule has 3 aromatic rings. The van der Waals surface area contributed by atoms with Crippen LogP contribution in [0.5, 0.6) is 11.5 Å². The van der Waals surface area contributed by atoms with Crippen molar-refractivity contribution in [3.63, 3.8) is 0 Å². The quantitative estimate of drug-likeness (QED) is 0.799. The Morgan fingerprint density at radius 3 is 2.91 bits per heavy atom. The molecule has 0 amide bonds. The predicted molar refractivity (Wildman–Crippen MR) is 86.5 cm³/mol. The molecule has 0 atom stereocenters. The Balaban J connectivity index is 1.40. The molecule has 0 fully saturated rings. The number of nitrogens with zero attached hydrogens (tertiary/aromatic N) is 3. The third kappa shape index (κ3) is 2.98. The summed E-state index contributed by atoms with van der Waals surface area (Å²) in [5.74, 6) is 1.50. The predicted octanol–water partition coefficient (Wildman–Crippen LogP) is 2.03. The zero-order valence-electron chi connectivity index (χ0n) is 13.0. The molecule has 0 saturated carbocycles. The average Bonchev–Trinajstić information content (AvgIpc) is 2.94. The Hall–Kier alpha value is -2.60. The summed E-state index contributed by atoms with van der Waals surface area (Å²) < 4.78 is 12.9. The van der Waals surface area contributed by atoms with E-state index in [0.29, 0.717) is 19.8 Å². The van der Waals surface area contributed by atoms with E-state index in [4.69, 9.17) is 9.47 Å². The number of rotatable bonds is 4. The second-order valence-corrected chi connectivity index (χ2v) is 5.62. The standard InChI is InChI=1S/C17H18N4O2/c1-21-11-13-3-2-12(6-15(13)20-21)8-18-9-14-7-16-17(10-19-14)23-5-4-22-16/h2-3,6-7,10-11,18H,4-5,8-9H2,1H3. The SMILES string of the molecule is Cn1cc2ccc(CNCc3cc4c(cn3)OCCO4)cc2n1. The second-order valence-electron chi connectivity index (χ2n) is 5.62. The summed E-state index contributed by atoms with van der Waals surface area (Å²) in [7, 11) is 1.94. The smallest absolute Gasteiger partial charge is 0.179 e. The van der Waals surface area contributed by atoms with E-state index in [1.165, 1.54) is 5.56 Å². The minimum Gasteiger partial charge on any atom is -0.486 e. The molecule has 4 rings (SSSR count). The van der Waals surface area contributed by atoms with E-state index in [9.17, 15) is 0 Å². The minimum atomic E-state index is 0.586. The summed E-state index contributed by atoms with van der Waals surface area (Å²) in [6.45, 7) is 2.62. The van der Waals surface area contributed by atoms with Crippen molar-refractivity contribution < 1.29 is 9.47 Å². The van der Waals surface area contributed by atoms with Gasteiger partial charge >= 0.3 is 0 Å². The van der Waals surface area contributed by atoms with Crippen LogP contribution >= 0.6 is 0 Å². The Kier molecular flexibility index (Phi) is 3.59. The van der Waals surface area contributed by atoms with Gasteiger partial charge in [0, 0.05) is 37.8 Å². The molecule has 1 N–H and O–H groups in total. The Labute approximate surface area is 134 Å². The van der Waals surface area contributed by atoms with Gasteiger partial charge in [0.05, 0.1) is 17.4 Å². The first kappa shape index (κ1) is 14.0. The van der Waals surface area contributed by atoms with Gasteiger partial charge in [-0.05, 0) is 11.6 Å². The highest BCUT2D eigenvalue weighted by molar-refractivity contribution is 5.78. The maximum absolute atomic E-state index is 5.58. The van der Waals surface area contributed by atoms with Crippen molar-refractivity contribution in [1.82, 2.24) is 20.1 Å². The lowest BCUT2D eigenvalue weighted by atomic mass is 10.1. The van der Waals surface area contributed by atoms with E-state index in [-0.39, 0.29) is 0 Å². The van der Waals surface area contributed by atoms with E-state index >= 15 is 0 Å². The highest BCUT2D eigenvalue weighted by Gasteiger charge is 2.12. The molecule has 23 heavy (non-hydrogen) atoms. The molecule has 0 spiro atoms. The summed E-state index contributed by atoms with van der Waals surface area (Å²) >= 11 is 0. The number of ether oxygens (including phenoxy) is 2. The molecule has 1 aliphatic heterocycles. The maximum atomic E-state index is 5.58. The number of pyridine rings is 1. The number of fused-ring (bicyclic) bond motifs is 2. The molecule has 0 unspecified atom stereocenters. The largest absolute Gasteiger partial charge is 0.486 e. The van der Waals surface area contributed by atoms with Crippen LogP contribution in [-0.4, -0.2) is 28.0 Å². The lowest BCUT2D eigenvalue weighted by Crippen LogP contribution is -2.17. The number of nitrogens with one attached hydrogen (secondary N) is 1. The first-order valence-electron chi connectivity index (χ1n) is 7.65. The van der Waals surface area contributed by atoms with Crippen LogP contribution in [0, 0.1) is 0 Å². The van der Waals surface area contributed by atoms with E-state index < -0.39 is 0 Å². The fraction of sp³-hybridized carbons (Fsp3) is 0.294. The van der Waals surface area contributed by atoms with Crippen LogP contribution in [0.4, 0.5) is 0 Å². The molecule has 3 heterocycles. The molecule has 1 aliphatic rings. The molecule has 0 bridgehead atoms. The minimum absolute atomic E-state index is 0.586. The van der Waals surface area contributed by atoms with Gasteiger partial charge in [-0.2, -0.15) is 5.10 Å². The van der Waals surface area contributed by atoms with Gasteiger partial charge in [-0.1, -0.05) is 12.1 Å². The first-order valence-corrected chi connectivity index (χ1v) is 7.65. The number of aromatic nitrogens is 3. The molecule has 6 heteroatoms. The lowest BCUT2D eigenvalue weighted by molar-refractivity contribution is 0.170. The Bertz CT molecular complexity index is 844. The van der Waals surface area contributed by atoms with Crippen molar-refractivity contribution in [3.8, 4) is 11.5 Å². The van der Waals surface area contributed by atoms with E-state index in [1.54, 1.807) is 6.20 Å². The van der Waals surface area contributed by atoms with Gasteiger partial charge < -0.3 is 14.8 Å². The topological polar surface area (TPSA) is 61.2 Å². The maximum Gasteiger partial charge on any atom is 0.179 e. The van der Waals surface area contributed by atoms with Gasteiger partial charge in [-0.25, -0.2) is 0 Å². The van der Waals surface area contributed by atoms with Crippen LogP contribution < -0.4 is 14.8 Å². The Morgan fingerprint density at radius 1 is 1.13 bits per heavy atom. The van der Waals surface area contributed by atoms with Gasteiger partial charge in [0.15, 0.2) is 11.5 Å².